The van der Waals surface area contributed by atoms with E-state index in [9.17, 15) is 0 Å². The van der Waals surface area contributed by atoms with Crippen molar-refractivity contribution in [1.29, 1.82) is 0 Å². The molecule has 2 nitrogen and oxygen atoms in total. The molecule has 3 rings (SSSR count). The molecule has 0 spiro atoms. The van der Waals surface area contributed by atoms with Crippen molar-refractivity contribution < 1.29 is 0 Å². The molecular formula is C18H28N2. The summed E-state index contributed by atoms with van der Waals surface area (Å²) < 4.78 is 0. The smallest absolute Gasteiger partial charge is 0.0449 e. The number of hydrogen-bond acceptors (Lipinski definition) is 2. The lowest BCUT2D eigenvalue weighted by atomic mass is 9.82. The molecule has 2 unspecified atom stereocenters. The molecule has 20 heavy (non-hydrogen) atoms. The van der Waals surface area contributed by atoms with Crippen LogP contribution in [0.4, 0.5) is 0 Å². The fourth-order valence-corrected chi connectivity index (χ4v) is 3.57. The fourth-order valence-electron chi connectivity index (χ4n) is 3.57. The number of nitrogens with zero attached hydrogens (tertiary/aromatic N) is 1. The van der Waals surface area contributed by atoms with Crippen LogP contribution in [0.2, 0.25) is 0 Å². The molecule has 2 aliphatic rings. The number of rotatable bonds is 5. The summed E-state index contributed by atoms with van der Waals surface area (Å²) in [5.74, 6) is 1.03. The highest BCUT2D eigenvalue weighted by atomic mass is 15.2. The summed E-state index contributed by atoms with van der Waals surface area (Å²) in [6.07, 6.45) is 7.10. The second-order valence-electron chi connectivity index (χ2n) is 6.51. The first kappa shape index (κ1) is 14.1. The quantitative estimate of drug-likeness (QED) is 0.881. The molecule has 0 bridgehead atoms. The summed E-state index contributed by atoms with van der Waals surface area (Å²) in [5.41, 5.74) is 1.44. The van der Waals surface area contributed by atoms with Crippen LogP contribution >= 0.6 is 0 Å². The van der Waals surface area contributed by atoms with Gasteiger partial charge < -0.3 is 5.32 Å². The maximum absolute atomic E-state index is 3.74. The van der Waals surface area contributed by atoms with Gasteiger partial charge in [0.2, 0.25) is 0 Å². The van der Waals surface area contributed by atoms with Gasteiger partial charge in [-0.2, -0.15) is 0 Å². The molecule has 2 atom stereocenters. The molecule has 1 aromatic rings. The average molecular weight is 272 g/mol. The third-order valence-corrected chi connectivity index (χ3v) is 5.26. The summed E-state index contributed by atoms with van der Waals surface area (Å²) in [5, 5.41) is 3.74. The van der Waals surface area contributed by atoms with Crippen molar-refractivity contribution in [2.45, 2.75) is 51.1 Å². The standard InChI is InChI=1S/C18H28N2/c1-2-17-13-19-18(16-9-4-3-5-10-16)14-20(17)12-11-15-7-6-8-15/h3-5,9-10,15,17-19H,2,6-8,11-14H2,1H3. The normalized spacial score (nSPS) is 28.2. The maximum Gasteiger partial charge on any atom is 0.0449 e. The minimum absolute atomic E-state index is 0.514. The maximum atomic E-state index is 3.74. The van der Waals surface area contributed by atoms with Gasteiger partial charge in [0, 0.05) is 25.2 Å². The molecule has 1 N–H and O–H groups in total. The zero-order valence-corrected chi connectivity index (χ0v) is 12.7. The van der Waals surface area contributed by atoms with Crippen LogP contribution in [0.1, 0.15) is 50.6 Å². The molecule has 0 radical (unpaired) electrons. The number of benzene rings is 1. The largest absolute Gasteiger partial charge is 0.307 e. The van der Waals surface area contributed by atoms with E-state index in [0.29, 0.717) is 6.04 Å². The van der Waals surface area contributed by atoms with Gasteiger partial charge in [0.25, 0.3) is 0 Å². The van der Waals surface area contributed by atoms with Crippen molar-refractivity contribution in [3.05, 3.63) is 35.9 Å². The molecule has 1 aliphatic heterocycles. The summed E-state index contributed by atoms with van der Waals surface area (Å²) in [4.78, 5) is 2.74. The van der Waals surface area contributed by atoms with Crippen LogP contribution in [-0.4, -0.2) is 30.6 Å². The minimum Gasteiger partial charge on any atom is -0.307 e. The van der Waals surface area contributed by atoms with Gasteiger partial charge in [-0.25, -0.2) is 0 Å². The minimum atomic E-state index is 0.514. The van der Waals surface area contributed by atoms with Crippen molar-refractivity contribution >= 4 is 0 Å². The Labute approximate surface area is 123 Å². The Morgan fingerprint density at radius 1 is 1.20 bits per heavy atom. The average Bonchev–Trinajstić information content (AvgIpc) is 2.46. The van der Waals surface area contributed by atoms with Gasteiger partial charge in [0.15, 0.2) is 0 Å². The molecule has 1 aromatic carbocycles. The third kappa shape index (κ3) is 3.24. The molecule has 1 saturated carbocycles. The molecule has 1 aliphatic carbocycles. The zero-order valence-electron chi connectivity index (χ0n) is 12.7. The highest BCUT2D eigenvalue weighted by Crippen LogP contribution is 2.30. The van der Waals surface area contributed by atoms with Crippen LogP contribution in [0.5, 0.6) is 0 Å². The molecule has 1 heterocycles. The molecule has 0 amide bonds. The van der Waals surface area contributed by atoms with Crippen LogP contribution in [0.25, 0.3) is 0 Å². The Bertz CT molecular complexity index is 399. The Morgan fingerprint density at radius 2 is 2.00 bits per heavy atom. The van der Waals surface area contributed by atoms with Crippen molar-refractivity contribution in [2.24, 2.45) is 5.92 Å². The van der Waals surface area contributed by atoms with E-state index >= 15 is 0 Å². The van der Waals surface area contributed by atoms with E-state index in [4.69, 9.17) is 0 Å². The van der Waals surface area contributed by atoms with Gasteiger partial charge in [-0.3, -0.25) is 4.90 Å². The third-order valence-electron chi connectivity index (χ3n) is 5.26. The Hall–Kier alpha value is -0.860. The van der Waals surface area contributed by atoms with Crippen molar-refractivity contribution in [1.82, 2.24) is 10.2 Å². The Morgan fingerprint density at radius 3 is 2.65 bits per heavy atom. The highest BCUT2D eigenvalue weighted by Gasteiger charge is 2.28. The highest BCUT2D eigenvalue weighted by molar-refractivity contribution is 5.20. The van der Waals surface area contributed by atoms with Gasteiger partial charge in [0.1, 0.15) is 0 Å². The van der Waals surface area contributed by atoms with Gasteiger partial charge >= 0.3 is 0 Å². The Kier molecular flexibility index (Phi) is 4.74. The summed E-state index contributed by atoms with van der Waals surface area (Å²) in [6, 6.07) is 12.2. The van der Waals surface area contributed by atoms with Gasteiger partial charge in [-0.1, -0.05) is 56.5 Å². The molecule has 2 fully saturated rings. The first-order chi connectivity index (χ1) is 9.86. The van der Waals surface area contributed by atoms with E-state index < -0.39 is 0 Å². The van der Waals surface area contributed by atoms with Crippen LogP contribution in [0, 0.1) is 5.92 Å². The predicted octanol–water partition coefficient (Wildman–Crippen LogP) is 3.60. The van der Waals surface area contributed by atoms with Crippen molar-refractivity contribution in [2.75, 3.05) is 19.6 Å². The fraction of sp³-hybridized carbons (Fsp3) is 0.667. The second kappa shape index (κ2) is 6.73. The van der Waals surface area contributed by atoms with E-state index in [1.54, 1.807) is 0 Å². The van der Waals surface area contributed by atoms with Crippen LogP contribution in [0.3, 0.4) is 0 Å². The van der Waals surface area contributed by atoms with Gasteiger partial charge in [-0.05, 0) is 30.9 Å². The summed E-state index contributed by atoms with van der Waals surface area (Å²) in [6.45, 7) is 5.94. The lowest BCUT2D eigenvalue weighted by Gasteiger charge is -2.41. The second-order valence-corrected chi connectivity index (χ2v) is 6.51. The summed E-state index contributed by atoms with van der Waals surface area (Å²) >= 11 is 0. The number of hydrogen-bond donors (Lipinski definition) is 1. The molecule has 1 saturated heterocycles. The van der Waals surface area contributed by atoms with Crippen LogP contribution < -0.4 is 5.32 Å². The number of nitrogens with one attached hydrogen (secondary N) is 1. The van der Waals surface area contributed by atoms with E-state index in [1.165, 1.54) is 50.8 Å². The first-order valence-electron chi connectivity index (χ1n) is 8.39. The van der Waals surface area contributed by atoms with Crippen molar-refractivity contribution in [3.63, 3.8) is 0 Å². The lowest BCUT2D eigenvalue weighted by molar-refractivity contribution is 0.110. The number of piperazine rings is 1. The Balaban J connectivity index is 1.59. The summed E-state index contributed by atoms with van der Waals surface area (Å²) in [7, 11) is 0. The van der Waals surface area contributed by atoms with E-state index in [-0.39, 0.29) is 0 Å². The van der Waals surface area contributed by atoms with E-state index in [1.807, 2.05) is 0 Å². The SMILES string of the molecule is CCC1CNC(c2ccccc2)CN1CCC1CCC1. The monoisotopic (exact) mass is 272 g/mol. The molecular weight excluding hydrogens is 244 g/mol. The topological polar surface area (TPSA) is 15.3 Å². The predicted molar refractivity (Wildman–Crippen MR) is 84.8 cm³/mol. The van der Waals surface area contributed by atoms with E-state index in [0.717, 1.165) is 18.5 Å². The lowest BCUT2D eigenvalue weighted by Crippen LogP contribution is -2.52. The molecule has 0 aromatic heterocycles. The van der Waals surface area contributed by atoms with Gasteiger partial charge in [-0.15, -0.1) is 0 Å². The van der Waals surface area contributed by atoms with Gasteiger partial charge in [0.05, 0.1) is 0 Å². The zero-order chi connectivity index (χ0) is 13.8. The molecule has 110 valence electrons. The van der Waals surface area contributed by atoms with Crippen LogP contribution in [0.15, 0.2) is 30.3 Å². The first-order valence-corrected chi connectivity index (χ1v) is 8.39. The van der Waals surface area contributed by atoms with E-state index in [2.05, 4.69) is 47.5 Å². The molecule has 2 heteroatoms. The van der Waals surface area contributed by atoms with Crippen LogP contribution in [-0.2, 0) is 0 Å². The van der Waals surface area contributed by atoms with Crippen molar-refractivity contribution in [3.8, 4) is 0 Å².